The molecule has 0 spiro atoms. The van der Waals surface area contributed by atoms with Crippen molar-refractivity contribution in [3.8, 4) is 10.8 Å². The number of H-pyrrole nitrogens is 1. The van der Waals surface area contributed by atoms with E-state index in [2.05, 4.69) is 20.6 Å². The van der Waals surface area contributed by atoms with E-state index >= 15 is 0 Å². The lowest BCUT2D eigenvalue weighted by Gasteiger charge is -2.13. The molecule has 4 rings (SSSR count). The number of carbonyl (C=O) groups is 1. The number of aromatic amines is 1. The maximum Gasteiger partial charge on any atom is 0.437 e. The van der Waals surface area contributed by atoms with Gasteiger partial charge in [0.15, 0.2) is 0 Å². The number of hydrogen-bond acceptors (Lipinski definition) is 7. The number of amides is 1. The molecule has 2 N–H and O–H groups in total. The molecule has 0 saturated heterocycles. The average Bonchev–Trinajstić information content (AvgIpc) is 3.38. The van der Waals surface area contributed by atoms with Crippen molar-refractivity contribution < 1.29 is 9.21 Å². The number of carbonyl (C=O) groups excluding carboxylic acids is 1. The van der Waals surface area contributed by atoms with Crippen LogP contribution in [-0.4, -0.2) is 32.4 Å². The van der Waals surface area contributed by atoms with Crippen molar-refractivity contribution in [2.24, 2.45) is 0 Å². The number of thiophene rings is 1. The van der Waals surface area contributed by atoms with Crippen molar-refractivity contribution in [3.63, 3.8) is 0 Å². The highest BCUT2D eigenvalue weighted by Crippen LogP contribution is 2.22. The van der Waals surface area contributed by atoms with Gasteiger partial charge in [0.25, 0.3) is 11.4 Å². The quantitative estimate of drug-likeness (QED) is 0.498. The molecule has 1 amide bonds. The zero-order valence-corrected chi connectivity index (χ0v) is 16.2. The van der Waals surface area contributed by atoms with Crippen molar-refractivity contribution >= 4 is 28.0 Å². The molecule has 29 heavy (non-hydrogen) atoms. The van der Waals surface area contributed by atoms with E-state index in [1.54, 1.807) is 31.2 Å². The van der Waals surface area contributed by atoms with Crippen molar-refractivity contribution in [2.75, 3.05) is 6.54 Å². The van der Waals surface area contributed by atoms with Gasteiger partial charge >= 0.3 is 5.76 Å². The first-order valence-electron chi connectivity index (χ1n) is 8.91. The summed E-state index contributed by atoms with van der Waals surface area (Å²) >= 11 is 1.42. The van der Waals surface area contributed by atoms with Crippen LogP contribution >= 0.6 is 11.3 Å². The van der Waals surface area contributed by atoms with E-state index < -0.39 is 11.7 Å². The fourth-order valence-electron chi connectivity index (χ4n) is 2.98. The Bertz CT molecular complexity index is 1270. The first kappa shape index (κ1) is 18.8. The van der Waals surface area contributed by atoms with Crippen LogP contribution in [0.4, 0.5) is 0 Å². The van der Waals surface area contributed by atoms with Gasteiger partial charge in [-0.1, -0.05) is 24.3 Å². The third-order valence-corrected chi connectivity index (χ3v) is 5.35. The first-order valence-corrected chi connectivity index (χ1v) is 9.79. The third-order valence-electron chi connectivity index (χ3n) is 4.49. The van der Waals surface area contributed by atoms with Gasteiger partial charge in [0.2, 0.25) is 5.91 Å². The van der Waals surface area contributed by atoms with Gasteiger partial charge < -0.3 is 9.73 Å². The van der Waals surface area contributed by atoms with Gasteiger partial charge in [0.1, 0.15) is 0 Å². The van der Waals surface area contributed by atoms with Crippen molar-refractivity contribution in [2.45, 2.75) is 19.4 Å². The average molecular weight is 411 g/mol. The normalized spacial score (nSPS) is 12.2. The Hall–Kier alpha value is -3.53. The predicted octanol–water partition coefficient (Wildman–Crippen LogP) is 1.72. The van der Waals surface area contributed by atoms with Crippen molar-refractivity contribution in [1.82, 2.24) is 25.3 Å². The number of nitrogens with one attached hydrogen (secondary N) is 2. The lowest BCUT2D eigenvalue weighted by atomic mass is 10.0. The SMILES string of the molecule is C[C@H](C(=O)NCCn1nc(-c2cccs2)oc1=O)c1n[nH]c(=O)c2ccccc12. The van der Waals surface area contributed by atoms with Crippen LogP contribution < -0.4 is 16.6 Å². The van der Waals surface area contributed by atoms with Crippen LogP contribution in [0.15, 0.2) is 55.8 Å². The van der Waals surface area contributed by atoms with Crippen LogP contribution in [0.2, 0.25) is 0 Å². The van der Waals surface area contributed by atoms with Crippen molar-refractivity contribution in [3.05, 3.63) is 68.4 Å². The first-order chi connectivity index (χ1) is 14.0. The van der Waals surface area contributed by atoms with E-state index in [4.69, 9.17) is 4.42 Å². The minimum absolute atomic E-state index is 0.173. The standard InChI is InChI=1S/C19H17N5O4S/c1-11(15-12-5-2-3-6-13(12)17(26)22-21-15)16(25)20-8-9-24-19(27)28-18(23-24)14-7-4-10-29-14/h2-7,10-11H,8-9H2,1H3,(H,20,25)(H,22,26)/t11-/m0/s1. The molecule has 0 aliphatic rings. The van der Waals surface area contributed by atoms with E-state index in [1.165, 1.54) is 16.0 Å². The van der Waals surface area contributed by atoms with Gasteiger partial charge in [-0.15, -0.1) is 16.4 Å². The molecule has 1 aromatic carbocycles. The summed E-state index contributed by atoms with van der Waals surface area (Å²) in [6.07, 6.45) is 0. The van der Waals surface area contributed by atoms with Gasteiger partial charge in [-0.25, -0.2) is 9.89 Å². The van der Waals surface area contributed by atoms with Crippen LogP contribution in [0.1, 0.15) is 18.5 Å². The van der Waals surface area contributed by atoms with Gasteiger partial charge in [0.05, 0.1) is 28.4 Å². The van der Waals surface area contributed by atoms with E-state index in [0.29, 0.717) is 16.5 Å². The van der Waals surface area contributed by atoms with E-state index in [0.717, 1.165) is 4.88 Å². The molecule has 1 atom stereocenters. The maximum absolute atomic E-state index is 12.6. The fraction of sp³-hybridized carbons (Fsp3) is 0.211. The summed E-state index contributed by atoms with van der Waals surface area (Å²) in [5.41, 5.74) is 0.181. The Balaban J connectivity index is 1.44. The summed E-state index contributed by atoms with van der Waals surface area (Å²) in [6.45, 7) is 2.08. The molecule has 0 aliphatic carbocycles. The lowest BCUT2D eigenvalue weighted by molar-refractivity contribution is -0.122. The summed E-state index contributed by atoms with van der Waals surface area (Å²) in [4.78, 5) is 37.2. The second-order valence-corrected chi connectivity index (χ2v) is 7.32. The second kappa shape index (κ2) is 7.84. The predicted molar refractivity (Wildman–Crippen MR) is 108 cm³/mol. The molecule has 0 fully saturated rings. The molecule has 0 bridgehead atoms. The van der Waals surface area contributed by atoms with Gasteiger partial charge in [-0.3, -0.25) is 9.59 Å². The monoisotopic (exact) mass is 411 g/mol. The molecule has 4 aromatic rings. The molecule has 3 heterocycles. The van der Waals surface area contributed by atoms with Crippen LogP contribution in [0, 0.1) is 0 Å². The summed E-state index contributed by atoms with van der Waals surface area (Å²) in [5.74, 6) is -1.19. The summed E-state index contributed by atoms with van der Waals surface area (Å²) in [5, 5.41) is 16.4. The molecule has 0 unspecified atom stereocenters. The summed E-state index contributed by atoms with van der Waals surface area (Å²) < 4.78 is 6.32. The minimum atomic E-state index is -0.590. The number of rotatable bonds is 6. The molecular formula is C19H17N5O4S. The smallest absolute Gasteiger partial charge is 0.387 e. The molecule has 0 radical (unpaired) electrons. The Labute approximate surface area is 168 Å². The lowest BCUT2D eigenvalue weighted by Crippen LogP contribution is -2.33. The fourth-order valence-corrected chi connectivity index (χ4v) is 3.62. The molecular weight excluding hydrogens is 394 g/mol. The van der Waals surface area contributed by atoms with Crippen LogP contribution in [0.25, 0.3) is 21.5 Å². The van der Waals surface area contributed by atoms with Crippen LogP contribution in [0.3, 0.4) is 0 Å². The highest BCUT2D eigenvalue weighted by Gasteiger charge is 2.20. The number of aromatic nitrogens is 4. The number of benzene rings is 1. The molecule has 0 aliphatic heterocycles. The van der Waals surface area contributed by atoms with E-state index in [1.807, 2.05) is 17.5 Å². The van der Waals surface area contributed by atoms with Gasteiger partial charge in [-0.2, -0.15) is 9.78 Å². The van der Waals surface area contributed by atoms with Crippen molar-refractivity contribution in [1.29, 1.82) is 0 Å². The Kier molecular flexibility index (Phi) is 5.09. The van der Waals surface area contributed by atoms with Crippen LogP contribution in [0.5, 0.6) is 0 Å². The number of hydrogen-bond donors (Lipinski definition) is 2. The highest BCUT2D eigenvalue weighted by molar-refractivity contribution is 7.13. The Morgan fingerprint density at radius 2 is 2.03 bits per heavy atom. The van der Waals surface area contributed by atoms with Gasteiger partial charge in [-0.05, 0) is 24.4 Å². The van der Waals surface area contributed by atoms with E-state index in [-0.39, 0.29) is 30.4 Å². The van der Waals surface area contributed by atoms with E-state index in [9.17, 15) is 14.4 Å². The van der Waals surface area contributed by atoms with Gasteiger partial charge in [0, 0.05) is 11.9 Å². The minimum Gasteiger partial charge on any atom is -0.387 e. The zero-order chi connectivity index (χ0) is 20.4. The Morgan fingerprint density at radius 3 is 2.79 bits per heavy atom. The summed E-state index contributed by atoms with van der Waals surface area (Å²) in [6, 6.07) is 10.6. The van der Waals surface area contributed by atoms with Crippen LogP contribution in [-0.2, 0) is 11.3 Å². The molecule has 9 nitrogen and oxygen atoms in total. The summed E-state index contributed by atoms with van der Waals surface area (Å²) in [7, 11) is 0. The Morgan fingerprint density at radius 1 is 1.24 bits per heavy atom. The molecule has 0 saturated carbocycles. The second-order valence-electron chi connectivity index (χ2n) is 6.37. The maximum atomic E-state index is 12.6. The number of nitrogens with zero attached hydrogens (tertiary/aromatic N) is 3. The zero-order valence-electron chi connectivity index (χ0n) is 15.4. The largest absolute Gasteiger partial charge is 0.437 e. The topological polar surface area (TPSA) is 123 Å². The molecule has 10 heteroatoms. The highest BCUT2D eigenvalue weighted by atomic mass is 32.1. The third kappa shape index (κ3) is 3.74. The molecule has 148 valence electrons. The molecule has 3 aromatic heterocycles. The number of fused-ring (bicyclic) bond motifs is 1.